The lowest BCUT2D eigenvalue weighted by molar-refractivity contribution is -0.121. The minimum atomic E-state index is -3.12. The third-order valence-electron chi connectivity index (χ3n) is 7.76. The first-order valence-electron chi connectivity index (χ1n) is 83.5. The van der Waals surface area contributed by atoms with E-state index in [0.29, 0.717) is 53.3 Å². The summed E-state index contributed by atoms with van der Waals surface area (Å²) >= 11 is 0. The quantitative estimate of drug-likeness (QED) is 0.237. The topological polar surface area (TPSA) is 94.2 Å². The van der Waals surface area contributed by atoms with Gasteiger partial charge in [0.25, 0.3) is 0 Å². The number of aromatic nitrogens is 3. The van der Waals surface area contributed by atoms with E-state index in [9.17, 15) is 13.2 Å². The Bertz CT molecular complexity index is 1760. The Morgan fingerprint density at radius 3 is 2.66 bits per heavy atom. The number of aryl methyl sites for hydroxylation is 1. The van der Waals surface area contributed by atoms with E-state index >= 15 is 4.39 Å². The van der Waals surface area contributed by atoms with E-state index in [2.05, 4.69) is 9.83 Å². The van der Waals surface area contributed by atoms with Gasteiger partial charge >= 0.3 is 0 Å². The van der Waals surface area contributed by atoms with Gasteiger partial charge in [-0.2, -0.15) is 0 Å². The second kappa shape index (κ2) is 9.52. The van der Waals surface area contributed by atoms with Gasteiger partial charge in [0, 0.05) is 263 Å². The standard InChI is InChI=1S/C29H27FN4O3S.71H2/c1-17-22-12-11-21-25(20-7-5-6-8-23(20)30)33-28(18-9-10-19(32-16-18)13-14-38(4,36)37)34-27(21)29(22,2)15-24(31-3)26(17)35;;;;;;;;;;;;;;;;;;;;;;;;;;;;;;;;;;;;;;;;;;;;;;;;;;;;;;;;;;;;;;;;;;;;;;;/h5-10,15-17,22H,11-14H2,1-2,4H3;71*1H/t17-,22-,29-;;;;;;;;;;;;;;;;;;;;;;;;;;;;;;;;;;;;;;;;;;;;;;;;;;;;;;;;;;;;;;;;;;;;;;;/m1......................................................................./s1/i;71*1+2T. The van der Waals surface area contributed by atoms with Crippen molar-refractivity contribution in [2.24, 2.45) is 11.8 Å². The summed E-state index contributed by atoms with van der Waals surface area (Å²) in [4.78, 5) is 30.5. The summed E-state index contributed by atoms with van der Waals surface area (Å²) in [6.07, 6.45) is 6.09. The fourth-order valence-corrected chi connectivity index (χ4v) is 6.32. The SMILES string of the molecule is [3H][3H].[3H][3H].[3H][3H].[3H][3H].[3H][3H].[3H][3H].[3H][3H].[3H][3H].[3H][3H].[3H][3H].[3H][3H].[3H][3H].[3H][3H].[3H][3H].[3H][3H].[3H][3H].[3H][3H].[3H][3H].[3H][3H].[3H][3H].[3H][3H].[3H][3H].[3H][3H].[3H][3H].[3H][3H].[3H][3H].[3H][3H].[3H][3H].[3H][3H].[3H][3H].[3H][3H].[3H][3H].[3H][3H].[3H][3H].[3H][3H].[3H][3H].[3H][3H].[3H][3H].[3H][3H].[3H][3H].[3H][3H].[3H][3H].[3H][3H].[3H][3H].[3H][3H].[3H][3H].[3H][3H].[3H][3H].[3H][3H].[3H][3H].[3H][3H].[3H][3H].[3H][3H].[3H][3H].[3H][3H].[3H][3H].[3H][3H].[3H][3H].[3H][3H].[3H][3H].[3H][3H].[3H][3H].[3H][3H].[3H][3H].[3H][3H].[3H][3H].[3H][3H].[3H][3H].[3H][3H].[3H][3H].[3H][3H].[C-]#[N+]C1=C[C@@]2(C)c3nc(-c4ccc(CCS(C)(=O)=O)nc4)nc(-c4ccccc4F)c3CC[C@@H]2[C@@H](C)C1=O. The Kier molecular flexibility index (Phi) is 0.793. The van der Waals surface area contributed by atoms with Crippen molar-refractivity contribution in [1.29, 1.82) is 0 Å². The Morgan fingerprint density at radius 1 is 1.24 bits per heavy atom. The Morgan fingerprint density at radius 2 is 2.00 bits per heavy atom. The predicted octanol–water partition coefficient (Wildman–Crippen LogP) is 22.2. The van der Waals surface area contributed by atoms with Gasteiger partial charge in [0.1, 0.15) is 15.7 Å². The van der Waals surface area contributed by atoms with E-state index in [1.807, 2.05) is 13.8 Å². The van der Waals surface area contributed by atoms with Crippen LogP contribution in [-0.2, 0) is 32.9 Å². The van der Waals surface area contributed by atoms with Crippen molar-refractivity contribution in [1.82, 2.24) is 15.0 Å². The molecule has 2 aliphatic rings. The molecule has 1 aromatic carbocycles. The Hall–Kier alpha value is -3.77. The van der Waals surface area contributed by atoms with Gasteiger partial charge in [-0.05, 0) is 43.0 Å². The molecule has 3 aromatic rings. The lowest BCUT2D eigenvalue weighted by atomic mass is 9.58. The number of pyridine rings is 1. The normalized spacial score (nSPS) is 37.7. The molecule has 0 aliphatic heterocycles. The van der Waals surface area contributed by atoms with Gasteiger partial charge < -0.3 is 4.79 Å². The monoisotopic (exact) mass is 958 g/mol. The summed E-state index contributed by atoms with van der Waals surface area (Å²) in [5.74, 6) is -0.588. The predicted molar refractivity (Wildman–Crippen MR) is 292 cm³/mol. The van der Waals surface area contributed by atoms with Crippen LogP contribution >= 0.6 is 0 Å². The van der Waals surface area contributed by atoms with Crippen LogP contribution in [0.5, 0.6) is 0 Å². The zero-order valence-electron chi connectivity index (χ0n) is 163. The maximum atomic E-state index is 15.1. The molecule has 9 heteroatoms. The molecule has 2 heterocycles. The van der Waals surface area contributed by atoms with Crippen LogP contribution in [0.2, 0.25) is 0 Å². The molecule has 3 atom stereocenters. The Labute approximate surface area is 440 Å². The zero-order chi connectivity index (χ0) is 169. The van der Waals surface area contributed by atoms with Crippen molar-refractivity contribution >= 4 is 15.6 Å². The Balaban J connectivity index is -0.0000000121. The fraction of sp³-hybridized carbons (Fsp3) is 0.345. The van der Waals surface area contributed by atoms with Crippen LogP contribution in [0.15, 0.2) is 54.4 Å². The molecular formula is C29H169FN4O3S. The summed E-state index contributed by atoms with van der Waals surface area (Å²) in [5, 5.41) is 0. The molecule has 336 valence electrons. The second-order valence-electron chi connectivity index (χ2n) is 10.3. The largest absolute Gasteiger partial charge is 0.308 e. The van der Waals surface area contributed by atoms with Crippen LogP contribution in [0.25, 0.3) is 27.5 Å². The first-order chi connectivity index (χ1) is 89.0. The van der Waals surface area contributed by atoms with Gasteiger partial charge in [0.2, 0.25) is 5.70 Å². The number of allylic oxidation sites excluding steroid dienone is 2. The van der Waals surface area contributed by atoms with E-state index in [4.69, 9.17) is 227 Å². The van der Waals surface area contributed by atoms with Crippen molar-refractivity contribution in [2.45, 2.75) is 38.5 Å². The van der Waals surface area contributed by atoms with Crippen molar-refractivity contribution in [3.8, 4) is 22.6 Å². The molecule has 0 unspecified atom stereocenters. The highest BCUT2D eigenvalue weighted by molar-refractivity contribution is 7.90. The number of Topliss-reactive ketones (excluding diaryl/α,β-unsaturated/α-hetero) is 1. The molecule has 7 nitrogen and oxygen atoms in total. The van der Waals surface area contributed by atoms with Gasteiger partial charge in [-0.3, -0.25) is 4.98 Å². The molecule has 2 aliphatic carbocycles. The smallest absolute Gasteiger partial charge is 0.226 e. The molecule has 5 rings (SSSR count). The maximum absolute atomic E-state index is 15.1. The third-order valence-corrected chi connectivity index (χ3v) is 8.71. The highest BCUT2D eigenvalue weighted by Crippen LogP contribution is 2.51. The van der Waals surface area contributed by atoms with Gasteiger partial charge in [0.15, 0.2) is 11.6 Å². The molecular weight excluding hydrogens is 503 g/mol. The number of benzene rings is 1. The zero-order valence-corrected chi connectivity index (χ0v) is 22.2. The van der Waals surface area contributed by atoms with Gasteiger partial charge in [-0.25, -0.2) is 27.6 Å². The van der Waals surface area contributed by atoms with Gasteiger partial charge in [-0.15, -0.1) is 0 Å². The molecule has 0 N–H and O–H groups in total. The van der Waals surface area contributed by atoms with Crippen LogP contribution < -0.4 is 0 Å². The summed E-state index contributed by atoms with van der Waals surface area (Å²) in [6, 6.07) is 10.0. The van der Waals surface area contributed by atoms with E-state index < -0.39 is 21.1 Å². The highest BCUT2D eigenvalue weighted by atomic mass is 32.2. The van der Waals surface area contributed by atoms with Gasteiger partial charge in [-0.1, -0.05) is 32.1 Å². The summed E-state index contributed by atoms with van der Waals surface area (Å²) in [5.41, 5.74) is 3.00. The number of hydrogen-bond acceptors (Lipinski definition) is 6. The summed E-state index contributed by atoms with van der Waals surface area (Å²) < 4.78 is 748. The molecule has 38 heavy (non-hydrogen) atoms. The van der Waals surface area contributed by atoms with Crippen molar-refractivity contribution in [3.05, 3.63) is 88.6 Å². The molecule has 2 aromatic heterocycles. The number of carbonyl (C=O) groups is 1. The van der Waals surface area contributed by atoms with E-state index in [1.54, 1.807) is 42.6 Å². The first-order valence-corrected chi connectivity index (χ1v) is 14.5. The number of carbonyl (C=O) groups excluding carboxylic acids is 1. The van der Waals surface area contributed by atoms with Crippen LogP contribution in [0.1, 0.15) is 248 Å². The van der Waals surface area contributed by atoms with Crippen LogP contribution in [0.4, 0.5) is 4.39 Å². The number of nitrogens with zero attached hydrogens (tertiary/aromatic N) is 4. The molecule has 0 radical (unpaired) electrons. The minimum Gasteiger partial charge on any atom is -0.308 e. The van der Waals surface area contributed by atoms with Crippen molar-refractivity contribution in [2.75, 3.05) is 12.0 Å². The third kappa shape index (κ3) is 4.54. The lowest BCUT2D eigenvalue weighted by Gasteiger charge is -2.46. The number of ketones is 1. The summed E-state index contributed by atoms with van der Waals surface area (Å²) in [6.45, 7) is 11.4. The van der Waals surface area contributed by atoms with E-state index in [1.165, 1.54) is 12.3 Å². The number of rotatable bonds is 5. The van der Waals surface area contributed by atoms with E-state index in [-0.39, 0.29) is 29.1 Å². The van der Waals surface area contributed by atoms with Crippen LogP contribution in [0, 0.1) is 24.2 Å². The number of halogens is 1. The fourth-order valence-electron chi connectivity index (χ4n) is 5.74. The lowest BCUT2D eigenvalue weighted by Crippen LogP contribution is -2.46. The van der Waals surface area contributed by atoms with E-state index in [0.717, 1.165) is 5.56 Å². The van der Waals surface area contributed by atoms with Crippen molar-refractivity contribution < 1.29 is 228 Å². The average molecular weight is 959 g/mol. The molecule has 0 fully saturated rings. The number of hydrogen-bond donors (Lipinski definition) is 0. The number of sulfone groups is 1. The highest BCUT2D eigenvalue weighted by Gasteiger charge is 2.49. The molecule has 0 saturated carbocycles. The van der Waals surface area contributed by atoms with Crippen LogP contribution in [-0.4, -0.2) is 41.2 Å². The summed E-state index contributed by atoms with van der Waals surface area (Å²) in [7, 11) is -3.12. The molecule has 0 bridgehead atoms. The van der Waals surface area contributed by atoms with Crippen molar-refractivity contribution in [3.63, 3.8) is 0 Å². The molecule has 0 amide bonds. The second-order valence-corrected chi connectivity index (χ2v) is 12.6. The molecule has 0 spiro atoms. The average Bonchev–Trinajstić information content (AvgIpc) is 0.718. The molecule has 0 saturated heterocycles. The van der Waals surface area contributed by atoms with Gasteiger partial charge in [0.05, 0.1) is 23.7 Å². The maximum Gasteiger partial charge on any atom is 0.226 e. The minimum absolute atomic E-state index is 0.00150. The van der Waals surface area contributed by atoms with Crippen LogP contribution in [0.3, 0.4) is 0 Å². The first kappa shape index (κ1) is 3.17. The number of fused-ring (bicyclic) bond motifs is 3.